The summed E-state index contributed by atoms with van der Waals surface area (Å²) in [5.74, 6) is -0.472. The lowest BCUT2D eigenvalue weighted by atomic mass is 9.88. The van der Waals surface area contributed by atoms with Gasteiger partial charge in [0.05, 0.1) is 12.7 Å². The van der Waals surface area contributed by atoms with E-state index in [0.29, 0.717) is 31.1 Å². The molecule has 1 aliphatic heterocycles. The molecule has 0 spiro atoms. The molecule has 0 radical (unpaired) electrons. The van der Waals surface area contributed by atoms with Gasteiger partial charge in [-0.3, -0.25) is 4.79 Å². The zero-order chi connectivity index (χ0) is 22.9. The molecule has 0 atom stereocenters. The van der Waals surface area contributed by atoms with Crippen molar-refractivity contribution >= 4 is 22.9 Å². The first-order valence-corrected chi connectivity index (χ1v) is 10.9. The molecule has 3 heterocycles. The number of ether oxygens (including phenoxy) is 1. The van der Waals surface area contributed by atoms with Crippen molar-refractivity contribution in [1.82, 2.24) is 14.5 Å². The molecule has 7 heteroatoms. The number of alkyl halides is 1. The van der Waals surface area contributed by atoms with Crippen LogP contribution in [0.5, 0.6) is 0 Å². The van der Waals surface area contributed by atoms with Crippen LogP contribution in [0.3, 0.4) is 0 Å². The first-order valence-electron chi connectivity index (χ1n) is 10.9. The second-order valence-corrected chi connectivity index (χ2v) is 8.81. The van der Waals surface area contributed by atoms with E-state index < -0.39 is 11.6 Å². The number of benzene rings is 1. The number of halogens is 1. The van der Waals surface area contributed by atoms with E-state index in [-0.39, 0.29) is 5.97 Å². The molecule has 0 aliphatic carbocycles. The maximum atomic E-state index is 14.0. The molecule has 168 valence electrons. The Hall–Kier alpha value is -3.22. The zero-order valence-corrected chi connectivity index (χ0v) is 18.7. The van der Waals surface area contributed by atoms with E-state index in [4.69, 9.17) is 4.74 Å². The van der Waals surface area contributed by atoms with E-state index in [1.807, 2.05) is 24.5 Å². The fraction of sp³-hybridized carbons (Fsp3) is 0.400. The van der Waals surface area contributed by atoms with Gasteiger partial charge in [-0.1, -0.05) is 12.1 Å². The molecule has 6 nitrogen and oxygen atoms in total. The van der Waals surface area contributed by atoms with Crippen molar-refractivity contribution in [2.45, 2.75) is 44.8 Å². The van der Waals surface area contributed by atoms with Gasteiger partial charge in [0, 0.05) is 37.4 Å². The summed E-state index contributed by atoms with van der Waals surface area (Å²) < 4.78 is 20.9. The second-order valence-electron chi connectivity index (χ2n) is 8.81. The van der Waals surface area contributed by atoms with E-state index in [0.717, 1.165) is 29.4 Å². The molecule has 3 aromatic rings. The summed E-state index contributed by atoms with van der Waals surface area (Å²) in [6, 6.07) is 11.5. The number of nitrogens with zero attached hydrogens (tertiary/aromatic N) is 3. The first-order chi connectivity index (χ1) is 15.3. The van der Waals surface area contributed by atoms with Crippen molar-refractivity contribution in [1.29, 1.82) is 0 Å². The van der Waals surface area contributed by atoms with Crippen LogP contribution in [0.2, 0.25) is 0 Å². The minimum absolute atomic E-state index is 0.308. The second kappa shape index (κ2) is 8.73. The van der Waals surface area contributed by atoms with Crippen molar-refractivity contribution < 1.29 is 18.7 Å². The maximum absolute atomic E-state index is 14.0. The molecular weight excluding hydrogens is 409 g/mol. The Balaban J connectivity index is 1.50. The summed E-state index contributed by atoms with van der Waals surface area (Å²) in [5.41, 5.74) is 1.88. The minimum atomic E-state index is -1.83. The molecule has 32 heavy (non-hydrogen) atoms. The topological polar surface area (TPSA) is 64.4 Å². The molecule has 0 unspecified atom stereocenters. The van der Waals surface area contributed by atoms with Crippen molar-refractivity contribution in [3.63, 3.8) is 0 Å². The van der Waals surface area contributed by atoms with Gasteiger partial charge in [-0.05, 0) is 68.0 Å². The number of amides is 1. The van der Waals surface area contributed by atoms with Gasteiger partial charge in [0.2, 0.25) is 0 Å². The summed E-state index contributed by atoms with van der Waals surface area (Å²) in [5, 5.41) is 1.11. The number of carbonyl (C=O) groups excluding carboxylic acids is 2. The smallest absolute Gasteiger partial charge is 0.337 e. The highest BCUT2D eigenvalue weighted by Crippen LogP contribution is 2.33. The normalized spacial score (nSPS) is 15.2. The number of carbonyl (C=O) groups is 2. The molecule has 1 fully saturated rings. The molecule has 1 amide bonds. The number of hydrogen-bond donors (Lipinski definition) is 0. The number of aromatic nitrogens is 2. The summed E-state index contributed by atoms with van der Waals surface area (Å²) in [4.78, 5) is 30.1. The molecule has 2 aromatic heterocycles. The highest BCUT2D eigenvalue weighted by Gasteiger charge is 2.34. The predicted octanol–water partition coefficient (Wildman–Crippen LogP) is 4.33. The van der Waals surface area contributed by atoms with E-state index >= 15 is 0 Å². The van der Waals surface area contributed by atoms with Gasteiger partial charge in [-0.25, -0.2) is 14.2 Å². The monoisotopic (exact) mass is 437 g/mol. The van der Waals surface area contributed by atoms with Crippen LogP contribution in [0, 0.1) is 0 Å². The first kappa shape index (κ1) is 22.0. The third-order valence-electron chi connectivity index (χ3n) is 6.15. The number of rotatable bonds is 5. The lowest BCUT2D eigenvalue weighted by Gasteiger charge is -2.34. The van der Waals surface area contributed by atoms with Crippen LogP contribution >= 0.6 is 0 Å². The fourth-order valence-electron chi connectivity index (χ4n) is 4.43. The Morgan fingerprint density at radius 3 is 2.44 bits per heavy atom. The van der Waals surface area contributed by atoms with Crippen molar-refractivity contribution in [2.75, 3.05) is 20.2 Å². The standard InChI is InChI=1S/C25H28FN3O3/c1-25(2,26)24(31)28-13-9-18(10-14-28)20-8-12-27-22-21(20)11-15-29(22)16-17-4-6-19(7-5-17)23(30)32-3/h4-8,11-12,15,18H,9-10,13-14,16H2,1-3H3. The number of likely N-dealkylation sites (tertiary alicyclic amines) is 1. The molecule has 0 bridgehead atoms. The van der Waals surface area contributed by atoms with Crippen LogP contribution < -0.4 is 0 Å². The number of hydrogen-bond acceptors (Lipinski definition) is 4. The van der Waals surface area contributed by atoms with Crippen LogP contribution in [-0.4, -0.2) is 52.2 Å². The largest absolute Gasteiger partial charge is 0.465 e. The Morgan fingerprint density at radius 1 is 1.12 bits per heavy atom. The Labute approximate surface area is 187 Å². The lowest BCUT2D eigenvalue weighted by molar-refractivity contribution is -0.142. The number of pyridine rings is 1. The summed E-state index contributed by atoms with van der Waals surface area (Å²) in [6.07, 6.45) is 5.47. The van der Waals surface area contributed by atoms with Crippen LogP contribution in [0.15, 0.2) is 48.8 Å². The number of fused-ring (bicyclic) bond motifs is 1. The summed E-state index contributed by atoms with van der Waals surface area (Å²) >= 11 is 0. The van der Waals surface area contributed by atoms with Gasteiger partial charge in [-0.2, -0.15) is 0 Å². The van der Waals surface area contributed by atoms with Crippen LogP contribution in [0.1, 0.15) is 54.1 Å². The average Bonchev–Trinajstić information content (AvgIpc) is 3.21. The Kier molecular flexibility index (Phi) is 6.00. The number of methoxy groups -OCH3 is 1. The van der Waals surface area contributed by atoms with Crippen molar-refractivity contribution in [3.8, 4) is 0 Å². The van der Waals surface area contributed by atoms with Crippen LogP contribution in [0.25, 0.3) is 11.0 Å². The molecular formula is C25H28FN3O3. The molecule has 0 N–H and O–H groups in total. The zero-order valence-electron chi connectivity index (χ0n) is 18.7. The number of piperidine rings is 1. The van der Waals surface area contributed by atoms with E-state index in [2.05, 4.69) is 21.7 Å². The third kappa shape index (κ3) is 4.38. The highest BCUT2D eigenvalue weighted by molar-refractivity contribution is 5.89. The van der Waals surface area contributed by atoms with Crippen LogP contribution in [-0.2, 0) is 16.1 Å². The molecule has 4 rings (SSSR count). The van der Waals surface area contributed by atoms with Gasteiger partial charge in [0.15, 0.2) is 5.67 Å². The predicted molar refractivity (Wildman–Crippen MR) is 120 cm³/mol. The molecule has 0 saturated carbocycles. The minimum Gasteiger partial charge on any atom is -0.465 e. The van der Waals surface area contributed by atoms with Crippen molar-refractivity contribution in [3.05, 3.63) is 65.5 Å². The van der Waals surface area contributed by atoms with Crippen LogP contribution in [0.4, 0.5) is 4.39 Å². The Morgan fingerprint density at radius 2 is 1.81 bits per heavy atom. The SMILES string of the molecule is COC(=O)c1ccc(Cn2ccc3c(C4CCN(C(=O)C(C)(C)F)CC4)ccnc32)cc1. The lowest BCUT2D eigenvalue weighted by Crippen LogP contribution is -2.46. The highest BCUT2D eigenvalue weighted by atomic mass is 19.1. The summed E-state index contributed by atoms with van der Waals surface area (Å²) in [6.45, 7) is 4.40. The molecule has 1 aliphatic rings. The van der Waals surface area contributed by atoms with Gasteiger partial charge >= 0.3 is 5.97 Å². The third-order valence-corrected chi connectivity index (χ3v) is 6.15. The number of esters is 1. The summed E-state index contributed by atoms with van der Waals surface area (Å²) in [7, 11) is 1.37. The maximum Gasteiger partial charge on any atom is 0.337 e. The molecule has 1 saturated heterocycles. The fourth-order valence-corrected chi connectivity index (χ4v) is 4.43. The van der Waals surface area contributed by atoms with E-state index in [1.54, 1.807) is 17.0 Å². The average molecular weight is 438 g/mol. The molecule has 1 aromatic carbocycles. The quantitative estimate of drug-likeness (QED) is 0.558. The van der Waals surface area contributed by atoms with Crippen molar-refractivity contribution in [2.24, 2.45) is 0 Å². The van der Waals surface area contributed by atoms with Gasteiger partial charge in [-0.15, -0.1) is 0 Å². The van der Waals surface area contributed by atoms with Gasteiger partial charge < -0.3 is 14.2 Å². The van der Waals surface area contributed by atoms with E-state index in [1.165, 1.54) is 26.5 Å². The van der Waals surface area contributed by atoms with E-state index in [9.17, 15) is 14.0 Å². The van der Waals surface area contributed by atoms with Gasteiger partial charge in [0.25, 0.3) is 5.91 Å². The Bertz CT molecular complexity index is 1120. The van der Waals surface area contributed by atoms with Gasteiger partial charge in [0.1, 0.15) is 5.65 Å².